The maximum atomic E-state index is 12.8. The van der Waals surface area contributed by atoms with E-state index in [1.54, 1.807) is 0 Å². The molecule has 0 spiro atoms. The van der Waals surface area contributed by atoms with Gasteiger partial charge in [-0.3, -0.25) is 15.0 Å². The lowest BCUT2D eigenvalue weighted by atomic mass is 9.93. The van der Waals surface area contributed by atoms with Crippen LogP contribution in [0.25, 0.3) is 11.1 Å². The number of nitrogens with one attached hydrogen (secondary N) is 1. The molecule has 8 nitrogen and oxygen atoms in total. The van der Waals surface area contributed by atoms with E-state index < -0.39 is 11.7 Å². The first-order chi connectivity index (χ1) is 19.4. The van der Waals surface area contributed by atoms with E-state index in [1.807, 2.05) is 61.5 Å². The van der Waals surface area contributed by atoms with Gasteiger partial charge in [-0.15, -0.1) is 0 Å². The highest BCUT2D eigenvalue weighted by atomic mass is 16.6. The molecule has 2 aliphatic heterocycles. The summed E-state index contributed by atoms with van der Waals surface area (Å²) < 4.78 is 11.8. The van der Waals surface area contributed by atoms with Crippen LogP contribution >= 0.6 is 0 Å². The number of primary amides is 1. The summed E-state index contributed by atoms with van der Waals surface area (Å²) in [6.45, 7) is 8.39. The molecule has 218 valence electrons. The monoisotopic (exact) mass is 550 g/mol. The molecule has 8 heteroatoms. The average Bonchev–Trinajstić information content (AvgIpc) is 3.43. The molecule has 0 bridgehead atoms. The van der Waals surface area contributed by atoms with E-state index in [9.17, 15) is 9.59 Å². The molecule has 0 radical (unpaired) electrons. The maximum absolute atomic E-state index is 12.8. The first kappa shape index (κ1) is 30.0. The summed E-state index contributed by atoms with van der Waals surface area (Å²) in [7, 11) is 0. The second-order valence-electron chi connectivity index (χ2n) is 11.3. The molecular weight excluding hydrogens is 504 g/mol. The fourth-order valence-corrected chi connectivity index (χ4v) is 5.75. The number of benzene rings is 2. The van der Waals surface area contributed by atoms with E-state index in [1.165, 1.54) is 0 Å². The summed E-state index contributed by atoms with van der Waals surface area (Å²) in [6, 6.07) is 17.8. The Hall–Kier alpha value is -2.94. The van der Waals surface area contributed by atoms with Gasteiger partial charge < -0.3 is 20.1 Å². The van der Waals surface area contributed by atoms with Crippen LogP contribution in [-0.4, -0.2) is 79.4 Å². The molecule has 2 heterocycles. The number of piperidine rings is 1. The third-order valence-electron chi connectivity index (χ3n) is 8.19. The second-order valence-corrected chi connectivity index (χ2v) is 11.3. The van der Waals surface area contributed by atoms with Gasteiger partial charge >= 0.3 is 6.09 Å². The molecule has 0 unspecified atom stereocenters. The molecule has 2 aromatic carbocycles. The number of amides is 2. The molecular formula is C32H46N4O4. The normalized spacial score (nSPS) is 19.4. The maximum Gasteiger partial charge on any atom is 0.412 e. The highest BCUT2D eigenvalue weighted by Gasteiger charge is 2.33. The summed E-state index contributed by atoms with van der Waals surface area (Å²) in [5.74, 6) is -0.189. The van der Waals surface area contributed by atoms with E-state index >= 15 is 0 Å². The molecule has 40 heavy (non-hydrogen) atoms. The lowest BCUT2D eigenvalue weighted by Crippen LogP contribution is -2.46. The van der Waals surface area contributed by atoms with Gasteiger partial charge in [0.05, 0.1) is 11.7 Å². The molecule has 4 rings (SSSR count). The van der Waals surface area contributed by atoms with Gasteiger partial charge in [-0.1, -0.05) is 48.5 Å². The summed E-state index contributed by atoms with van der Waals surface area (Å²) in [5, 5.41) is 2.97. The van der Waals surface area contributed by atoms with Crippen molar-refractivity contribution in [1.29, 1.82) is 0 Å². The zero-order chi connectivity index (χ0) is 28.2. The molecule has 0 saturated carbocycles. The smallest absolute Gasteiger partial charge is 0.412 e. The topological polar surface area (TPSA) is 97.1 Å². The second kappa shape index (κ2) is 15.2. The van der Waals surface area contributed by atoms with Gasteiger partial charge in [-0.05, 0) is 89.6 Å². The van der Waals surface area contributed by atoms with Crippen molar-refractivity contribution in [3.8, 4) is 11.1 Å². The Morgan fingerprint density at radius 3 is 2.33 bits per heavy atom. The number of hydrogen-bond donors (Lipinski definition) is 2. The number of hydrogen-bond acceptors (Lipinski definition) is 6. The standard InChI is InChI=1S/C32H46N4O4/c1-32(40-31(38)34-28-15-6-5-14-27(28)26-12-3-2-4-13-26)17-22-35(23-18-32)19-7-9-24-39-25-10-8-20-36-21-11-16-29(36)30(33)37/h2-6,12-15,29H,7-11,16-25H2,1H3,(H2,33,37)(H,34,38)/t29-/m1/s1. The van der Waals surface area contributed by atoms with Crippen LogP contribution in [0.4, 0.5) is 10.5 Å². The van der Waals surface area contributed by atoms with Crippen LogP contribution in [0.2, 0.25) is 0 Å². The fraction of sp³-hybridized carbons (Fsp3) is 0.562. The van der Waals surface area contributed by atoms with Crippen molar-refractivity contribution in [2.75, 3.05) is 51.3 Å². The molecule has 2 aromatic rings. The number of nitrogens with two attached hydrogens (primary N) is 1. The minimum atomic E-state index is -0.460. The molecule has 0 aromatic heterocycles. The van der Waals surface area contributed by atoms with Gasteiger partial charge in [0.15, 0.2) is 0 Å². The molecule has 1 atom stereocenters. The number of nitrogens with zero attached hydrogens (tertiary/aromatic N) is 2. The minimum Gasteiger partial charge on any atom is -0.443 e. The molecule has 0 aliphatic carbocycles. The predicted octanol–water partition coefficient (Wildman–Crippen LogP) is 5.28. The fourth-order valence-electron chi connectivity index (χ4n) is 5.75. The van der Waals surface area contributed by atoms with Crippen molar-refractivity contribution < 1.29 is 19.1 Å². The Kier molecular flexibility index (Phi) is 11.4. The number of carbonyl (C=O) groups excluding carboxylic acids is 2. The van der Waals surface area contributed by atoms with Crippen molar-refractivity contribution in [3.05, 3.63) is 54.6 Å². The quantitative estimate of drug-likeness (QED) is 0.311. The summed E-state index contributed by atoms with van der Waals surface area (Å²) >= 11 is 0. The van der Waals surface area contributed by atoms with Gasteiger partial charge in [0.1, 0.15) is 5.60 Å². The Balaban J connectivity index is 1.06. The summed E-state index contributed by atoms with van der Waals surface area (Å²) in [4.78, 5) is 29.0. The highest BCUT2D eigenvalue weighted by molar-refractivity contribution is 5.91. The number of likely N-dealkylation sites (tertiary alicyclic amines) is 2. The van der Waals surface area contributed by atoms with E-state index in [0.717, 1.165) is 114 Å². The number of para-hydroxylation sites is 1. The molecule has 2 amide bonds. The molecule has 2 fully saturated rings. The van der Waals surface area contributed by atoms with Gasteiger partial charge in [0, 0.05) is 31.9 Å². The summed E-state index contributed by atoms with van der Waals surface area (Å²) in [5.41, 5.74) is 7.82. The molecule has 2 saturated heterocycles. The van der Waals surface area contributed by atoms with Crippen LogP contribution in [0, 0.1) is 0 Å². The molecule has 2 aliphatic rings. The van der Waals surface area contributed by atoms with Gasteiger partial charge in [0.25, 0.3) is 0 Å². The first-order valence-corrected chi connectivity index (χ1v) is 14.9. The number of rotatable bonds is 14. The number of ether oxygens (including phenoxy) is 2. The van der Waals surface area contributed by atoms with Gasteiger partial charge in [-0.25, -0.2) is 4.79 Å². The lowest BCUT2D eigenvalue weighted by molar-refractivity contribution is -0.122. The van der Waals surface area contributed by atoms with Crippen LogP contribution in [0.15, 0.2) is 54.6 Å². The largest absolute Gasteiger partial charge is 0.443 e. The van der Waals surface area contributed by atoms with Gasteiger partial charge in [0.2, 0.25) is 5.91 Å². The van der Waals surface area contributed by atoms with Crippen LogP contribution in [-0.2, 0) is 14.3 Å². The van der Waals surface area contributed by atoms with E-state index in [-0.39, 0.29) is 11.9 Å². The van der Waals surface area contributed by atoms with E-state index in [2.05, 4.69) is 15.1 Å². The van der Waals surface area contributed by atoms with Crippen LogP contribution in [0.1, 0.15) is 58.3 Å². The van der Waals surface area contributed by atoms with Crippen molar-refractivity contribution in [2.45, 2.75) is 69.9 Å². The third-order valence-corrected chi connectivity index (χ3v) is 8.19. The van der Waals surface area contributed by atoms with Crippen molar-refractivity contribution in [3.63, 3.8) is 0 Å². The van der Waals surface area contributed by atoms with E-state index in [0.29, 0.717) is 0 Å². The molecule has 3 N–H and O–H groups in total. The minimum absolute atomic E-state index is 0.0697. The van der Waals surface area contributed by atoms with Crippen molar-refractivity contribution in [1.82, 2.24) is 9.80 Å². The van der Waals surface area contributed by atoms with Gasteiger partial charge in [-0.2, -0.15) is 0 Å². The van der Waals surface area contributed by atoms with Crippen LogP contribution in [0.3, 0.4) is 0 Å². The first-order valence-electron chi connectivity index (χ1n) is 14.9. The zero-order valence-electron chi connectivity index (χ0n) is 24.0. The lowest BCUT2D eigenvalue weighted by Gasteiger charge is -2.38. The Morgan fingerprint density at radius 2 is 1.60 bits per heavy atom. The van der Waals surface area contributed by atoms with Crippen LogP contribution < -0.4 is 11.1 Å². The zero-order valence-corrected chi connectivity index (χ0v) is 24.0. The predicted molar refractivity (Wildman–Crippen MR) is 159 cm³/mol. The number of carbonyl (C=O) groups is 2. The van der Waals surface area contributed by atoms with E-state index in [4.69, 9.17) is 15.2 Å². The summed E-state index contributed by atoms with van der Waals surface area (Å²) in [6.07, 6.45) is 7.40. The van der Waals surface area contributed by atoms with Crippen molar-refractivity contribution in [2.24, 2.45) is 5.73 Å². The van der Waals surface area contributed by atoms with Crippen molar-refractivity contribution >= 4 is 17.7 Å². The SMILES string of the molecule is CC1(OC(=O)Nc2ccccc2-c2ccccc2)CCN(CCCCOCCCCN2CCC[C@@H]2C(N)=O)CC1. The van der Waals surface area contributed by atoms with Crippen LogP contribution in [0.5, 0.6) is 0 Å². The number of anilines is 1. The highest BCUT2D eigenvalue weighted by Crippen LogP contribution is 2.30. The number of unbranched alkanes of at least 4 members (excludes halogenated alkanes) is 2. The average molecular weight is 551 g/mol. The Labute approximate surface area is 239 Å². The Morgan fingerprint density at radius 1 is 0.925 bits per heavy atom. The third kappa shape index (κ3) is 9.04. The Bertz CT molecular complexity index is 1070.